The fraction of sp³-hybridized carbons (Fsp3) is 0.321. The maximum absolute atomic E-state index is 12.8. The Kier molecular flexibility index (Phi) is 7.58. The van der Waals surface area contributed by atoms with E-state index in [0.29, 0.717) is 24.6 Å². The minimum Gasteiger partial charge on any atom is -0.494 e. The van der Waals surface area contributed by atoms with Crippen molar-refractivity contribution < 1.29 is 9.53 Å². The van der Waals surface area contributed by atoms with E-state index >= 15 is 0 Å². The Bertz CT molecular complexity index is 1220. The largest absolute Gasteiger partial charge is 0.494 e. The molecule has 6 heteroatoms. The number of aryl methyl sites for hydroxylation is 1. The van der Waals surface area contributed by atoms with Gasteiger partial charge in [-0.05, 0) is 60.7 Å². The standard InChI is InChI=1S/C28H32N4O2/c1-4-21(2)22-10-12-24(13-11-22)34-19-7-18-32-26-9-6-5-8-25(26)30-27(32)20-31(3)28(33)23-14-16-29-17-15-23/h5-6,8-17,21H,4,7,18-20H2,1-3H3. The van der Waals surface area contributed by atoms with Crippen LogP contribution in [0.2, 0.25) is 0 Å². The number of rotatable bonds is 10. The van der Waals surface area contributed by atoms with E-state index in [1.54, 1.807) is 36.5 Å². The van der Waals surface area contributed by atoms with E-state index in [1.807, 2.05) is 18.2 Å². The fourth-order valence-corrected chi connectivity index (χ4v) is 4.04. The molecule has 2 heterocycles. The summed E-state index contributed by atoms with van der Waals surface area (Å²) in [5.41, 5.74) is 3.96. The molecule has 0 aliphatic carbocycles. The minimum absolute atomic E-state index is 0.0508. The molecule has 4 rings (SSSR count). The van der Waals surface area contributed by atoms with Crippen LogP contribution in [-0.4, -0.2) is 39.0 Å². The molecule has 0 N–H and O–H groups in total. The van der Waals surface area contributed by atoms with Crippen LogP contribution in [-0.2, 0) is 13.1 Å². The summed E-state index contributed by atoms with van der Waals surface area (Å²) in [6.45, 7) is 6.24. The summed E-state index contributed by atoms with van der Waals surface area (Å²) in [5, 5.41) is 0. The third-order valence-electron chi connectivity index (χ3n) is 6.24. The highest BCUT2D eigenvalue weighted by Gasteiger charge is 2.17. The second-order valence-electron chi connectivity index (χ2n) is 8.65. The quantitative estimate of drug-likeness (QED) is 0.288. The van der Waals surface area contributed by atoms with Crippen LogP contribution in [0.1, 0.15) is 54.4 Å². The van der Waals surface area contributed by atoms with Crippen LogP contribution in [0.15, 0.2) is 73.1 Å². The van der Waals surface area contributed by atoms with Gasteiger partial charge >= 0.3 is 0 Å². The van der Waals surface area contributed by atoms with Gasteiger partial charge in [0.15, 0.2) is 0 Å². The van der Waals surface area contributed by atoms with Gasteiger partial charge in [0.05, 0.1) is 24.2 Å². The number of hydrogen-bond donors (Lipinski definition) is 0. The molecule has 6 nitrogen and oxygen atoms in total. The summed E-state index contributed by atoms with van der Waals surface area (Å²) in [6, 6.07) is 20.0. The number of pyridine rings is 1. The molecule has 0 bridgehead atoms. The highest BCUT2D eigenvalue weighted by molar-refractivity contribution is 5.93. The number of fused-ring (bicyclic) bond motifs is 1. The molecule has 0 saturated heterocycles. The molecule has 0 aliphatic heterocycles. The highest BCUT2D eigenvalue weighted by Crippen LogP contribution is 2.22. The Balaban J connectivity index is 1.41. The lowest BCUT2D eigenvalue weighted by Gasteiger charge is -2.18. The maximum Gasteiger partial charge on any atom is 0.254 e. The summed E-state index contributed by atoms with van der Waals surface area (Å²) < 4.78 is 8.19. The van der Waals surface area contributed by atoms with E-state index in [9.17, 15) is 4.79 Å². The van der Waals surface area contributed by atoms with Gasteiger partial charge in [-0.25, -0.2) is 4.98 Å². The molecule has 1 unspecified atom stereocenters. The molecule has 0 saturated carbocycles. The van der Waals surface area contributed by atoms with E-state index in [-0.39, 0.29) is 5.91 Å². The molecule has 4 aromatic rings. The summed E-state index contributed by atoms with van der Waals surface area (Å²) in [7, 11) is 1.80. The number of nitrogens with zero attached hydrogens (tertiary/aromatic N) is 4. The third-order valence-corrected chi connectivity index (χ3v) is 6.24. The van der Waals surface area contributed by atoms with Gasteiger partial charge in [-0.2, -0.15) is 0 Å². The zero-order valence-corrected chi connectivity index (χ0v) is 20.1. The molecule has 1 atom stereocenters. The van der Waals surface area contributed by atoms with Crippen LogP contribution >= 0.6 is 0 Å². The molecule has 34 heavy (non-hydrogen) atoms. The number of amides is 1. The van der Waals surface area contributed by atoms with E-state index in [0.717, 1.165) is 42.0 Å². The topological polar surface area (TPSA) is 60.2 Å². The van der Waals surface area contributed by atoms with Gasteiger partial charge in [0.25, 0.3) is 5.91 Å². The Morgan fingerprint density at radius 3 is 2.53 bits per heavy atom. The SMILES string of the molecule is CCC(C)c1ccc(OCCCn2c(CN(C)C(=O)c3ccncc3)nc3ccccc32)cc1. The van der Waals surface area contributed by atoms with Crippen molar-refractivity contribution in [3.63, 3.8) is 0 Å². The monoisotopic (exact) mass is 456 g/mol. The van der Waals surface area contributed by atoms with Crippen LogP contribution in [0.4, 0.5) is 0 Å². The fourth-order valence-electron chi connectivity index (χ4n) is 4.04. The zero-order chi connectivity index (χ0) is 23.9. The van der Waals surface area contributed by atoms with E-state index in [1.165, 1.54) is 5.56 Å². The molecule has 0 aliphatic rings. The first-order valence-corrected chi connectivity index (χ1v) is 11.9. The van der Waals surface area contributed by atoms with Crippen LogP contribution in [0.25, 0.3) is 11.0 Å². The van der Waals surface area contributed by atoms with Crippen molar-refractivity contribution in [1.82, 2.24) is 19.4 Å². The lowest BCUT2D eigenvalue weighted by atomic mass is 9.99. The van der Waals surface area contributed by atoms with Gasteiger partial charge in [0.1, 0.15) is 11.6 Å². The molecule has 176 valence electrons. The zero-order valence-electron chi connectivity index (χ0n) is 20.1. The van der Waals surface area contributed by atoms with Gasteiger partial charge in [0.2, 0.25) is 0 Å². The molecule has 1 amide bonds. The van der Waals surface area contributed by atoms with Crippen molar-refractivity contribution >= 4 is 16.9 Å². The summed E-state index contributed by atoms with van der Waals surface area (Å²) in [6.07, 6.45) is 5.23. The number of benzene rings is 2. The molecule has 0 fully saturated rings. The molecule has 2 aromatic carbocycles. The second kappa shape index (κ2) is 11.0. The Labute approximate surface area is 201 Å². The van der Waals surface area contributed by atoms with Crippen LogP contribution < -0.4 is 4.74 Å². The molecular formula is C28H32N4O2. The average Bonchev–Trinajstić information content (AvgIpc) is 3.23. The lowest BCUT2D eigenvalue weighted by Crippen LogP contribution is -2.28. The van der Waals surface area contributed by atoms with E-state index in [2.05, 4.69) is 53.7 Å². The van der Waals surface area contributed by atoms with Crippen molar-refractivity contribution in [1.29, 1.82) is 0 Å². The molecular weight excluding hydrogens is 424 g/mol. The Hall–Kier alpha value is -3.67. The first-order valence-electron chi connectivity index (χ1n) is 11.9. The van der Waals surface area contributed by atoms with Gasteiger partial charge in [-0.1, -0.05) is 38.1 Å². The van der Waals surface area contributed by atoms with Gasteiger partial charge in [0, 0.05) is 31.5 Å². The normalized spacial score (nSPS) is 12.0. The number of aromatic nitrogens is 3. The predicted molar refractivity (Wildman–Crippen MR) is 135 cm³/mol. The number of carbonyl (C=O) groups excluding carboxylic acids is 1. The first kappa shape index (κ1) is 23.5. The first-order chi connectivity index (χ1) is 16.6. The summed E-state index contributed by atoms with van der Waals surface area (Å²) >= 11 is 0. The summed E-state index contributed by atoms with van der Waals surface area (Å²) in [4.78, 5) is 23.3. The van der Waals surface area contributed by atoms with Crippen molar-refractivity contribution in [3.05, 3.63) is 90.0 Å². The maximum atomic E-state index is 12.8. The molecule has 0 spiro atoms. The van der Waals surface area contributed by atoms with Crippen LogP contribution in [0.5, 0.6) is 5.75 Å². The van der Waals surface area contributed by atoms with Crippen molar-refractivity contribution in [3.8, 4) is 5.75 Å². The van der Waals surface area contributed by atoms with E-state index in [4.69, 9.17) is 9.72 Å². The lowest BCUT2D eigenvalue weighted by molar-refractivity contribution is 0.0780. The van der Waals surface area contributed by atoms with Gasteiger partial charge in [-0.3, -0.25) is 9.78 Å². The minimum atomic E-state index is -0.0508. The van der Waals surface area contributed by atoms with Crippen LogP contribution in [0, 0.1) is 0 Å². The van der Waals surface area contributed by atoms with Crippen molar-refractivity contribution in [2.24, 2.45) is 0 Å². The number of hydrogen-bond acceptors (Lipinski definition) is 4. The van der Waals surface area contributed by atoms with Gasteiger partial charge in [-0.15, -0.1) is 0 Å². The average molecular weight is 457 g/mol. The van der Waals surface area contributed by atoms with Gasteiger partial charge < -0.3 is 14.2 Å². The van der Waals surface area contributed by atoms with Crippen molar-refractivity contribution in [2.45, 2.75) is 45.7 Å². The highest BCUT2D eigenvalue weighted by atomic mass is 16.5. The number of para-hydroxylation sites is 2. The number of ether oxygens (including phenoxy) is 1. The third kappa shape index (κ3) is 5.45. The molecule has 2 aromatic heterocycles. The van der Waals surface area contributed by atoms with Crippen molar-refractivity contribution in [2.75, 3.05) is 13.7 Å². The number of imidazole rings is 1. The summed E-state index contributed by atoms with van der Waals surface area (Å²) in [5.74, 6) is 2.27. The molecule has 0 radical (unpaired) electrons. The predicted octanol–water partition coefficient (Wildman–Crippen LogP) is 5.69. The Morgan fingerprint density at radius 1 is 1.06 bits per heavy atom. The van der Waals surface area contributed by atoms with E-state index < -0.39 is 0 Å². The Morgan fingerprint density at radius 2 is 1.79 bits per heavy atom. The number of carbonyl (C=O) groups is 1. The second-order valence-corrected chi connectivity index (χ2v) is 8.65. The smallest absolute Gasteiger partial charge is 0.254 e. The van der Waals surface area contributed by atoms with Crippen LogP contribution in [0.3, 0.4) is 0 Å².